The Kier molecular flexibility index (Phi) is 2.66. The third-order valence-corrected chi connectivity index (χ3v) is 3.72. The first-order valence-electron chi connectivity index (χ1n) is 6.25. The molecule has 1 aliphatic rings. The van der Waals surface area contributed by atoms with E-state index in [2.05, 4.69) is 26.9 Å². The number of rotatable bonds is 2. The molecule has 0 saturated carbocycles. The zero-order chi connectivity index (χ0) is 12.7. The summed E-state index contributed by atoms with van der Waals surface area (Å²) in [5, 5.41) is 13.8. The molecule has 1 saturated heterocycles. The summed E-state index contributed by atoms with van der Waals surface area (Å²) in [5.41, 5.74) is 0.918. The minimum Gasteiger partial charge on any atom is -0.394 e. The van der Waals surface area contributed by atoms with Crippen molar-refractivity contribution in [2.75, 3.05) is 18.1 Å². The van der Waals surface area contributed by atoms with Gasteiger partial charge < -0.3 is 10.0 Å². The third kappa shape index (κ3) is 1.64. The normalized spacial score (nSPS) is 24.1. The molecule has 0 aromatic carbocycles. The van der Waals surface area contributed by atoms with Crippen LogP contribution in [-0.4, -0.2) is 43.9 Å². The fraction of sp³-hybridized carbons (Fsp3) is 0.583. The van der Waals surface area contributed by atoms with Crippen LogP contribution in [-0.2, 0) is 0 Å². The first-order chi connectivity index (χ1) is 8.70. The van der Waals surface area contributed by atoms with Crippen LogP contribution < -0.4 is 4.90 Å². The number of fused-ring (bicyclic) bond motifs is 1. The van der Waals surface area contributed by atoms with Gasteiger partial charge in [0, 0.05) is 18.3 Å². The summed E-state index contributed by atoms with van der Waals surface area (Å²) in [6.07, 6.45) is 2.60. The SMILES string of the molecule is Cc1cc(N2CCC(C)C2CO)n2ncnc2n1. The Morgan fingerprint density at radius 3 is 3.11 bits per heavy atom. The molecule has 0 bridgehead atoms. The van der Waals surface area contributed by atoms with Crippen molar-refractivity contribution in [2.24, 2.45) is 5.92 Å². The van der Waals surface area contributed by atoms with Crippen LogP contribution in [0.25, 0.3) is 5.78 Å². The first-order valence-corrected chi connectivity index (χ1v) is 6.25. The molecule has 0 spiro atoms. The molecule has 2 aromatic heterocycles. The zero-order valence-electron chi connectivity index (χ0n) is 10.6. The Labute approximate surface area is 105 Å². The number of aryl methyl sites for hydroxylation is 1. The Morgan fingerprint density at radius 2 is 2.33 bits per heavy atom. The summed E-state index contributed by atoms with van der Waals surface area (Å²) in [4.78, 5) is 10.7. The molecule has 1 aliphatic heterocycles. The maximum absolute atomic E-state index is 9.56. The van der Waals surface area contributed by atoms with E-state index in [0.29, 0.717) is 11.7 Å². The van der Waals surface area contributed by atoms with Crippen LogP contribution >= 0.6 is 0 Å². The topological polar surface area (TPSA) is 66.5 Å². The van der Waals surface area contributed by atoms with E-state index in [9.17, 15) is 5.11 Å². The van der Waals surface area contributed by atoms with Crippen LogP contribution in [0.3, 0.4) is 0 Å². The van der Waals surface area contributed by atoms with Crippen molar-refractivity contribution in [3.8, 4) is 0 Å². The maximum Gasteiger partial charge on any atom is 0.254 e. The monoisotopic (exact) mass is 247 g/mol. The van der Waals surface area contributed by atoms with Crippen molar-refractivity contribution in [2.45, 2.75) is 26.3 Å². The molecule has 0 aliphatic carbocycles. The van der Waals surface area contributed by atoms with Crippen LogP contribution in [0.4, 0.5) is 5.82 Å². The highest BCUT2D eigenvalue weighted by Gasteiger charge is 2.32. The first kappa shape index (κ1) is 11.4. The molecule has 2 aromatic rings. The second-order valence-corrected chi connectivity index (χ2v) is 4.94. The van der Waals surface area contributed by atoms with Crippen LogP contribution in [0.5, 0.6) is 0 Å². The second kappa shape index (κ2) is 4.20. The van der Waals surface area contributed by atoms with E-state index in [1.807, 2.05) is 13.0 Å². The van der Waals surface area contributed by atoms with Crippen molar-refractivity contribution in [1.29, 1.82) is 0 Å². The largest absolute Gasteiger partial charge is 0.394 e. The number of anilines is 1. The summed E-state index contributed by atoms with van der Waals surface area (Å²) in [6, 6.07) is 2.15. The van der Waals surface area contributed by atoms with E-state index in [1.54, 1.807) is 4.52 Å². The second-order valence-electron chi connectivity index (χ2n) is 4.94. The fourth-order valence-corrected chi connectivity index (χ4v) is 2.69. The van der Waals surface area contributed by atoms with E-state index < -0.39 is 0 Å². The van der Waals surface area contributed by atoms with Gasteiger partial charge in [0.25, 0.3) is 5.78 Å². The average Bonchev–Trinajstić information content (AvgIpc) is 2.93. The number of nitrogens with zero attached hydrogens (tertiary/aromatic N) is 5. The van der Waals surface area contributed by atoms with Gasteiger partial charge in [-0.15, -0.1) is 0 Å². The molecule has 0 radical (unpaired) electrons. The molecule has 0 amide bonds. The molecule has 96 valence electrons. The van der Waals surface area contributed by atoms with Crippen molar-refractivity contribution in [1.82, 2.24) is 19.6 Å². The van der Waals surface area contributed by atoms with Crippen LogP contribution in [0.15, 0.2) is 12.4 Å². The van der Waals surface area contributed by atoms with Gasteiger partial charge in [-0.1, -0.05) is 6.92 Å². The molecular formula is C12H17N5O. The van der Waals surface area contributed by atoms with E-state index in [4.69, 9.17) is 0 Å². The van der Waals surface area contributed by atoms with Crippen LogP contribution in [0.1, 0.15) is 19.0 Å². The number of aliphatic hydroxyl groups is 1. The fourth-order valence-electron chi connectivity index (χ4n) is 2.69. The number of hydrogen-bond donors (Lipinski definition) is 1. The highest BCUT2D eigenvalue weighted by Crippen LogP contribution is 2.29. The minimum absolute atomic E-state index is 0.152. The summed E-state index contributed by atoms with van der Waals surface area (Å²) in [7, 11) is 0. The smallest absolute Gasteiger partial charge is 0.254 e. The lowest BCUT2D eigenvalue weighted by Crippen LogP contribution is -2.36. The Hall–Kier alpha value is -1.69. The lowest BCUT2D eigenvalue weighted by molar-refractivity contribution is 0.244. The Balaban J connectivity index is 2.11. The highest BCUT2D eigenvalue weighted by atomic mass is 16.3. The molecule has 18 heavy (non-hydrogen) atoms. The van der Waals surface area contributed by atoms with Gasteiger partial charge in [0.2, 0.25) is 0 Å². The Morgan fingerprint density at radius 1 is 1.50 bits per heavy atom. The predicted molar refractivity (Wildman–Crippen MR) is 67.5 cm³/mol. The van der Waals surface area contributed by atoms with Gasteiger partial charge in [0.05, 0.1) is 12.6 Å². The standard InChI is InChI=1S/C12H17N5O/c1-8-3-4-16(10(8)6-18)11-5-9(2)15-12-13-7-14-17(11)12/h5,7-8,10,18H,3-4,6H2,1-2H3. The minimum atomic E-state index is 0.152. The van der Waals surface area contributed by atoms with Gasteiger partial charge in [0.1, 0.15) is 12.1 Å². The number of aliphatic hydroxyl groups excluding tert-OH is 1. The average molecular weight is 247 g/mol. The molecule has 1 fully saturated rings. The summed E-state index contributed by atoms with van der Waals surface area (Å²) < 4.78 is 1.74. The van der Waals surface area contributed by atoms with Gasteiger partial charge >= 0.3 is 0 Å². The van der Waals surface area contributed by atoms with Crippen molar-refractivity contribution in [3.63, 3.8) is 0 Å². The predicted octanol–water partition coefficient (Wildman–Crippen LogP) is 0.640. The highest BCUT2D eigenvalue weighted by molar-refractivity contribution is 5.49. The van der Waals surface area contributed by atoms with Crippen molar-refractivity contribution in [3.05, 3.63) is 18.1 Å². The Bertz CT molecular complexity index is 567. The van der Waals surface area contributed by atoms with E-state index in [-0.39, 0.29) is 12.6 Å². The summed E-state index contributed by atoms with van der Waals surface area (Å²) in [5.74, 6) is 2.07. The van der Waals surface area contributed by atoms with Crippen molar-refractivity contribution >= 4 is 11.6 Å². The molecule has 3 rings (SSSR count). The zero-order valence-corrected chi connectivity index (χ0v) is 10.6. The van der Waals surface area contributed by atoms with Gasteiger partial charge in [-0.2, -0.15) is 14.6 Å². The summed E-state index contributed by atoms with van der Waals surface area (Å²) in [6.45, 7) is 5.22. The van der Waals surface area contributed by atoms with E-state index in [1.165, 1.54) is 6.33 Å². The lowest BCUT2D eigenvalue weighted by atomic mass is 10.0. The molecule has 3 heterocycles. The third-order valence-electron chi connectivity index (χ3n) is 3.72. The number of aromatic nitrogens is 4. The van der Waals surface area contributed by atoms with E-state index in [0.717, 1.165) is 24.5 Å². The quantitative estimate of drug-likeness (QED) is 0.843. The summed E-state index contributed by atoms with van der Waals surface area (Å²) >= 11 is 0. The lowest BCUT2D eigenvalue weighted by Gasteiger charge is -2.27. The maximum atomic E-state index is 9.56. The molecule has 2 atom stereocenters. The molecular weight excluding hydrogens is 230 g/mol. The van der Waals surface area contributed by atoms with Gasteiger partial charge in [-0.05, 0) is 19.3 Å². The molecule has 2 unspecified atom stereocenters. The van der Waals surface area contributed by atoms with Crippen molar-refractivity contribution < 1.29 is 5.11 Å². The number of hydrogen-bond acceptors (Lipinski definition) is 5. The van der Waals surface area contributed by atoms with Gasteiger partial charge in [-0.25, -0.2) is 4.98 Å². The molecule has 6 heteroatoms. The van der Waals surface area contributed by atoms with Crippen LogP contribution in [0, 0.1) is 12.8 Å². The van der Waals surface area contributed by atoms with Crippen LogP contribution in [0.2, 0.25) is 0 Å². The van der Waals surface area contributed by atoms with E-state index >= 15 is 0 Å². The molecule has 1 N–H and O–H groups in total. The molecule has 6 nitrogen and oxygen atoms in total. The van der Waals surface area contributed by atoms with Gasteiger partial charge in [-0.3, -0.25) is 0 Å². The van der Waals surface area contributed by atoms with Gasteiger partial charge in [0.15, 0.2) is 0 Å².